The quantitative estimate of drug-likeness (QED) is 0.424. The number of amides is 2. The third kappa shape index (κ3) is 6.47. The molecule has 0 atom stereocenters. The molecule has 1 rings (SSSR count). The van der Waals surface area contributed by atoms with E-state index in [0.717, 1.165) is 19.3 Å². The molecule has 0 fully saturated rings. The molecule has 2 amide bonds. The summed E-state index contributed by atoms with van der Waals surface area (Å²) in [6.45, 7) is 3.40. The highest BCUT2D eigenvalue weighted by Gasteiger charge is 2.21. The van der Waals surface area contributed by atoms with Crippen LogP contribution in [0.4, 0.5) is 0 Å². The summed E-state index contributed by atoms with van der Waals surface area (Å²) in [5.41, 5.74) is 5.27. The molecule has 6 heteroatoms. The summed E-state index contributed by atoms with van der Waals surface area (Å²) in [6, 6.07) is 0. The maximum atomic E-state index is 11.2. The molecule has 0 radical (unpaired) electrons. The van der Waals surface area contributed by atoms with Gasteiger partial charge in [-0.2, -0.15) is 0 Å². The first-order chi connectivity index (χ1) is 9.25. The smallest absolute Gasteiger partial charge is 0.253 e. The fourth-order valence-electron chi connectivity index (χ4n) is 1.71. The molecule has 0 aromatic rings. The predicted octanol–water partition coefficient (Wildman–Crippen LogP) is 0.0736. The van der Waals surface area contributed by atoms with Crippen LogP contribution < -0.4 is 5.73 Å². The third-order valence-electron chi connectivity index (χ3n) is 2.71. The van der Waals surface area contributed by atoms with Crippen molar-refractivity contribution in [1.82, 2.24) is 4.90 Å². The van der Waals surface area contributed by atoms with Crippen molar-refractivity contribution < 1.29 is 19.1 Å². The molecule has 0 aromatic carbocycles. The normalized spacial score (nSPS) is 14.7. The van der Waals surface area contributed by atoms with Gasteiger partial charge in [0.05, 0.1) is 19.8 Å². The number of hydrogen-bond donors (Lipinski definition) is 1. The van der Waals surface area contributed by atoms with Crippen molar-refractivity contribution in [1.29, 1.82) is 0 Å². The molecule has 1 aliphatic heterocycles. The number of unbranched alkanes of at least 4 members (excludes halogenated alkanes) is 2. The number of carbonyl (C=O) groups is 2. The van der Waals surface area contributed by atoms with Gasteiger partial charge in [-0.1, -0.05) is 0 Å². The van der Waals surface area contributed by atoms with Crippen LogP contribution in [0, 0.1) is 0 Å². The average Bonchev–Trinajstić information content (AvgIpc) is 2.72. The Morgan fingerprint density at radius 1 is 0.895 bits per heavy atom. The summed E-state index contributed by atoms with van der Waals surface area (Å²) < 4.78 is 10.5. The van der Waals surface area contributed by atoms with Crippen LogP contribution in [0.1, 0.15) is 19.3 Å². The number of nitrogens with two attached hydrogens (primary N) is 1. The van der Waals surface area contributed by atoms with E-state index >= 15 is 0 Å². The van der Waals surface area contributed by atoms with Crippen LogP contribution in [0.25, 0.3) is 0 Å². The summed E-state index contributed by atoms with van der Waals surface area (Å²) in [5, 5.41) is 0. The van der Waals surface area contributed by atoms with Crippen LogP contribution in [-0.4, -0.2) is 56.2 Å². The van der Waals surface area contributed by atoms with Crippen LogP contribution in [-0.2, 0) is 19.1 Å². The van der Waals surface area contributed by atoms with Crippen molar-refractivity contribution >= 4 is 11.8 Å². The van der Waals surface area contributed by atoms with Gasteiger partial charge in [-0.3, -0.25) is 14.5 Å². The summed E-state index contributed by atoms with van der Waals surface area (Å²) in [7, 11) is 0. The number of nitrogens with zero attached hydrogens (tertiary/aromatic N) is 1. The van der Waals surface area contributed by atoms with E-state index in [1.807, 2.05) is 0 Å². The Morgan fingerprint density at radius 3 is 2.16 bits per heavy atom. The van der Waals surface area contributed by atoms with Crippen molar-refractivity contribution in [2.24, 2.45) is 5.73 Å². The molecule has 1 aliphatic rings. The maximum Gasteiger partial charge on any atom is 0.253 e. The molecule has 1 heterocycles. The van der Waals surface area contributed by atoms with Crippen molar-refractivity contribution in [2.45, 2.75) is 19.3 Å². The molecular weight excluding hydrogens is 248 g/mol. The third-order valence-corrected chi connectivity index (χ3v) is 2.71. The predicted molar refractivity (Wildman–Crippen MR) is 70.4 cm³/mol. The maximum absolute atomic E-state index is 11.2. The molecule has 108 valence electrons. The van der Waals surface area contributed by atoms with Gasteiger partial charge in [-0.05, 0) is 19.3 Å². The Balaban J connectivity index is 1.86. The van der Waals surface area contributed by atoms with E-state index in [-0.39, 0.29) is 11.8 Å². The fourth-order valence-corrected chi connectivity index (χ4v) is 1.71. The van der Waals surface area contributed by atoms with E-state index in [9.17, 15) is 9.59 Å². The molecule has 0 saturated carbocycles. The molecule has 19 heavy (non-hydrogen) atoms. The first-order valence-corrected chi connectivity index (χ1v) is 6.65. The van der Waals surface area contributed by atoms with Gasteiger partial charge in [0, 0.05) is 31.8 Å². The molecule has 0 spiro atoms. The summed E-state index contributed by atoms with van der Waals surface area (Å²) >= 11 is 0. The Kier molecular flexibility index (Phi) is 8.04. The first-order valence-electron chi connectivity index (χ1n) is 6.65. The van der Waals surface area contributed by atoms with Crippen LogP contribution in [0.15, 0.2) is 12.2 Å². The largest absolute Gasteiger partial charge is 0.379 e. The molecule has 6 nitrogen and oxygen atoms in total. The van der Waals surface area contributed by atoms with Gasteiger partial charge in [0.1, 0.15) is 0 Å². The summed E-state index contributed by atoms with van der Waals surface area (Å²) in [6.07, 6.45) is 5.28. The van der Waals surface area contributed by atoms with Gasteiger partial charge in [-0.15, -0.1) is 0 Å². The molecule has 0 unspecified atom stereocenters. The zero-order chi connectivity index (χ0) is 13.9. The highest BCUT2D eigenvalue weighted by atomic mass is 16.5. The van der Waals surface area contributed by atoms with Gasteiger partial charge in [0.25, 0.3) is 11.8 Å². The monoisotopic (exact) mass is 270 g/mol. The molecule has 2 N–H and O–H groups in total. The van der Waals surface area contributed by atoms with Crippen LogP contribution in [0.5, 0.6) is 0 Å². The topological polar surface area (TPSA) is 81.9 Å². The van der Waals surface area contributed by atoms with E-state index in [0.29, 0.717) is 39.5 Å². The van der Waals surface area contributed by atoms with E-state index in [1.54, 1.807) is 0 Å². The van der Waals surface area contributed by atoms with E-state index in [2.05, 4.69) is 0 Å². The second-order valence-corrected chi connectivity index (χ2v) is 4.24. The minimum atomic E-state index is -0.210. The highest BCUT2D eigenvalue weighted by Crippen LogP contribution is 2.06. The minimum Gasteiger partial charge on any atom is -0.379 e. The highest BCUT2D eigenvalue weighted by molar-refractivity contribution is 6.12. The van der Waals surface area contributed by atoms with Gasteiger partial charge >= 0.3 is 0 Å². The van der Waals surface area contributed by atoms with Crippen LogP contribution in [0.2, 0.25) is 0 Å². The van der Waals surface area contributed by atoms with E-state index in [4.69, 9.17) is 15.2 Å². The lowest BCUT2D eigenvalue weighted by Gasteiger charge is -2.13. The zero-order valence-corrected chi connectivity index (χ0v) is 11.2. The molecule has 0 aromatic heterocycles. The van der Waals surface area contributed by atoms with Crippen LogP contribution >= 0.6 is 0 Å². The minimum absolute atomic E-state index is 0.210. The number of imide groups is 1. The standard InChI is InChI=1S/C13H22N2O4/c14-6-9-19-11-10-18-8-3-1-2-7-15-12(16)4-5-13(15)17/h4-5H,1-3,6-11,14H2. The second-order valence-electron chi connectivity index (χ2n) is 4.24. The van der Waals surface area contributed by atoms with E-state index < -0.39 is 0 Å². The Bertz CT molecular complexity index is 300. The van der Waals surface area contributed by atoms with Crippen molar-refractivity contribution in [3.63, 3.8) is 0 Å². The summed E-state index contributed by atoms with van der Waals surface area (Å²) in [4.78, 5) is 23.8. The number of ether oxygens (including phenoxy) is 2. The van der Waals surface area contributed by atoms with Gasteiger partial charge in [0.2, 0.25) is 0 Å². The van der Waals surface area contributed by atoms with Crippen molar-refractivity contribution in [3.8, 4) is 0 Å². The number of rotatable bonds is 11. The second kappa shape index (κ2) is 9.66. The Morgan fingerprint density at radius 2 is 1.53 bits per heavy atom. The first kappa shape index (κ1) is 15.8. The average molecular weight is 270 g/mol. The zero-order valence-electron chi connectivity index (χ0n) is 11.2. The SMILES string of the molecule is NCCOCCOCCCCCN1C(=O)C=CC1=O. The van der Waals surface area contributed by atoms with Gasteiger partial charge in [-0.25, -0.2) is 0 Å². The van der Waals surface area contributed by atoms with Crippen LogP contribution in [0.3, 0.4) is 0 Å². The molecule has 0 bridgehead atoms. The van der Waals surface area contributed by atoms with Gasteiger partial charge < -0.3 is 15.2 Å². The lowest BCUT2D eigenvalue weighted by molar-refractivity contribution is -0.136. The van der Waals surface area contributed by atoms with E-state index in [1.165, 1.54) is 17.1 Å². The van der Waals surface area contributed by atoms with Crippen molar-refractivity contribution in [2.75, 3.05) is 39.5 Å². The Hall–Kier alpha value is -1.24. The molecular formula is C13H22N2O4. The summed E-state index contributed by atoms with van der Waals surface area (Å²) in [5.74, 6) is -0.420. The number of carbonyl (C=O) groups excluding carboxylic acids is 2. The molecule has 0 saturated heterocycles. The van der Waals surface area contributed by atoms with Gasteiger partial charge in [0.15, 0.2) is 0 Å². The van der Waals surface area contributed by atoms with Crippen molar-refractivity contribution in [3.05, 3.63) is 12.2 Å². The lowest BCUT2D eigenvalue weighted by atomic mass is 10.2. The Labute approximate surface area is 113 Å². The number of hydrogen-bond acceptors (Lipinski definition) is 5. The lowest BCUT2D eigenvalue weighted by Crippen LogP contribution is -2.30. The molecule has 0 aliphatic carbocycles. The fraction of sp³-hybridized carbons (Fsp3) is 0.692.